The van der Waals surface area contributed by atoms with Crippen LogP contribution in [0.15, 0.2) is 53.0 Å². The first-order chi connectivity index (χ1) is 18.3. The number of ether oxygens (including phenoxy) is 2. The van der Waals surface area contributed by atoms with Crippen LogP contribution in [-0.2, 0) is 4.74 Å². The van der Waals surface area contributed by atoms with E-state index in [0.717, 1.165) is 6.07 Å². The number of methoxy groups -OCH3 is 1. The van der Waals surface area contributed by atoms with Crippen LogP contribution in [0.4, 0.5) is 19.4 Å². The number of anilines is 1. The first kappa shape index (κ1) is 28.0. The fraction of sp³-hybridized carbons (Fsp3) is 0.385. The minimum Gasteiger partial charge on any atom is -0.473 e. The molecule has 0 spiro atoms. The Kier molecular flexibility index (Phi) is 9.31. The predicted octanol–water partition coefficient (Wildman–Crippen LogP) is 3.91. The Hall–Kier alpha value is -3.06. The van der Waals surface area contributed by atoms with Crippen LogP contribution in [0.1, 0.15) is 18.4 Å². The number of aromatic nitrogens is 2. The van der Waals surface area contributed by atoms with Gasteiger partial charge in [0.15, 0.2) is 17.5 Å². The lowest BCUT2D eigenvalue weighted by atomic mass is 9.94. The van der Waals surface area contributed by atoms with E-state index in [1.165, 1.54) is 10.7 Å². The monoisotopic (exact) mass is 593 g/mol. The molecule has 1 aromatic heterocycles. The number of rotatable bonds is 10. The number of benzene rings is 2. The van der Waals surface area contributed by atoms with Gasteiger partial charge in [-0.3, -0.25) is 10.2 Å². The van der Waals surface area contributed by atoms with Gasteiger partial charge in [0.1, 0.15) is 11.1 Å². The number of likely N-dealkylation sites (tertiary alicyclic amines) is 1. The van der Waals surface area contributed by atoms with E-state index in [9.17, 15) is 18.7 Å². The van der Waals surface area contributed by atoms with Crippen molar-refractivity contribution in [3.05, 3.63) is 70.2 Å². The number of carbonyl (C=O) groups excluding carboxylic acids is 1. The molecule has 12 heteroatoms. The van der Waals surface area contributed by atoms with Crippen LogP contribution in [0.3, 0.4) is 0 Å². The van der Waals surface area contributed by atoms with Gasteiger partial charge in [-0.25, -0.2) is 18.3 Å². The number of urea groups is 1. The maximum absolute atomic E-state index is 14.0. The Bertz CT molecular complexity index is 1240. The molecule has 2 amide bonds. The molecule has 0 bridgehead atoms. The molecule has 1 aliphatic rings. The zero-order valence-corrected chi connectivity index (χ0v) is 22.6. The lowest BCUT2D eigenvalue weighted by Crippen LogP contribution is -2.42. The molecule has 2 aromatic carbocycles. The highest BCUT2D eigenvalue weighted by atomic mass is 79.9. The Labute approximate surface area is 227 Å². The van der Waals surface area contributed by atoms with Crippen LogP contribution in [0.5, 0.6) is 5.88 Å². The second-order valence-corrected chi connectivity index (χ2v) is 9.91. The highest BCUT2D eigenvalue weighted by Crippen LogP contribution is 2.35. The second kappa shape index (κ2) is 12.7. The molecule has 1 saturated heterocycles. The van der Waals surface area contributed by atoms with Gasteiger partial charge in [0, 0.05) is 32.7 Å². The van der Waals surface area contributed by atoms with E-state index in [2.05, 4.69) is 36.6 Å². The number of hydrogen-bond acceptors (Lipinski definition) is 6. The van der Waals surface area contributed by atoms with Crippen molar-refractivity contribution in [2.24, 2.45) is 0 Å². The Morgan fingerprint density at radius 1 is 1.21 bits per heavy atom. The standard InChI is InChI=1S/C26H30BrF2N5O4/c1-16(35)15-38-25-23(27)24(34(32-25)18-6-4-3-5-7-18)31-26(36)30-22-14-33(10-11-37-2)13-19(22)17-8-9-20(28)21(29)12-17/h3-9,12,16,19,22,35H,10-11,13-15H2,1-2H3,(H2,30,31,36). The van der Waals surface area contributed by atoms with Crippen LogP contribution in [0.2, 0.25) is 0 Å². The molecule has 3 unspecified atom stereocenters. The fourth-order valence-corrected chi connectivity index (χ4v) is 4.82. The van der Waals surface area contributed by atoms with Gasteiger partial charge < -0.3 is 19.9 Å². The van der Waals surface area contributed by atoms with Crippen molar-refractivity contribution < 1.29 is 28.2 Å². The van der Waals surface area contributed by atoms with Gasteiger partial charge in [0.05, 0.1) is 24.4 Å². The molecule has 0 aliphatic carbocycles. The van der Waals surface area contributed by atoms with Crippen LogP contribution in [0.25, 0.3) is 5.69 Å². The highest BCUT2D eigenvalue weighted by molar-refractivity contribution is 9.10. The van der Waals surface area contributed by atoms with E-state index < -0.39 is 23.8 Å². The van der Waals surface area contributed by atoms with Crippen molar-refractivity contribution in [2.75, 3.05) is 45.3 Å². The summed E-state index contributed by atoms with van der Waals surface area (Å²) < 4.78 is 40.3. The molecule has 38 heavy (non-hydrogen) atoms. The largest absolute Gasteiger partial charge is 0.473 e. The van der Waals surface area contributed by atoms with Crippen molar-refractivity contribution in [1.29, 1.82) is 0 Å². The number of carbonyl (C=O) groups is 1. The summed E-state index contributed by atoms with van der Waals surface area (Å²) in [6, 6.07) is 12.1. The molecule has 4 rings (SSSR count). The maximum Gasteiger partial charge on any atom is 0.320 e. The van der Waals surface area contributed by atoms with Crippen molar-refractivity contribution in [3.63, 3.8) is 0 Å². The molecule has 3 N–H and O–H groups in total. The zero-order valence-electron chi connectivity index (χ0n) is 21.0. The third kappa shape index (κ3) is 6.68. The minimum absolute atomic E-state index is 0.0192. The third-order valence-electron chi connectivity index (χ3n) is 6.19. The molecule has 204 valence electrons. The van der Waals surface area contributed by atoms with Crippen LogP contribution < -0.4 is 15.4 Å². The Morgan fingerprint density at radius 3 is 2.66 bits per heavy atom. The topological polar surface area (TPSA) is 101 Å². The van der Waals surface area contributed by atoms with Crippen molar-refractivity contribution in [1.82, 2.24) is 20.0 Å². The molecule has 0 radical (unpaired) electrons. The summed E-state index contributed by atoms with van der Waals surface area (Å²) in [5, 5.41) is 19.9. The SMILES string of the molecule is COCCN1CC(NC(=O)Nc2c(Br)c(OCC(C)O)nn2-c2ccccc2)C(c2ccc(F)c(F)c2)C1. The zero-order chi connectivity index (χ0) is 27.2. The molecule has 0 saturated carbocycles. The summed E-state index contributed by atoms with van der Waals surface area (Å²) >= 11 is 3.46. The molecule has 2 heterocycles. The lowest BCUT2D eigenvalue weighted by Gasteiger charge is -2.21. The van der Waals surface area contributed by atoms with Crippen LogP contribution in [0, 0.1) is 11.6 Å². The van der Waals surface area contributed by atoms with Crippen molar-refractivity contribution >= 4 is 27.8 Å². The summed E-state index contributed by atoms with van der Waals surface area (Å²) in [4.78, 5) is 15.4. The van der Waals surface area contributed by atoms with Crippen molar-refractivity contribution in [3.8, 4) is 11.6 Å². The van der Waals surface area contributed by atoms with Crippen LogP contribution >= 0.6 is 15.9 Å². The molecule has 1 fully saturated rings. The maximum atomic E-state index is 14.0. The average Bonchev–Trinajstić information content (AvgIpc) is 3.44. The molecule has 3 aromatic rings. The van der Waals surface area contributed by atoms with E-state index in [4.69, 9.17) is 9.47 Å². The quantitative estimate of drug-likeness (QED) is 0.329. The number of aliphatic hydroxyl groups excluding tert-OH is 1. The number of halogens is 3. The number of amides is 2. The number of nitrogens with one attached hydrogen (secondary N) is 2. The molecule has 1 aliphatic heterocycles. The third-order valence-corrected chi connectivity index (χ3v) is 6.90. The van der Waals surface area contributed by atoms with E-state index in [-0.39, 0.29) is 24.4 Å². The molecular formula is C26H30BrF2N5O4. The number of nitrogens with zero attached hydrogens (tertiary/aromatic N) is 3. The van der Waals surface area contributed by atoms with E-state index in [1.807, 2.05) is 30.3 Å². The van der Waals surface area contributed by atoms with Gasteiger partial charge in [-0.1, -0.05) is 24.3 Å². The van der Waals surface area contributed by atoms with Gasteiger partial charge in [-0.15, -0.1) is 5.10 Å². The number of aliphatic hydroxyl groups is 1. The molecule has 9 nitrogen and oxygen atoms in total. The Balaban J connectivity index is 1.56. The highest BCUT2D eigenvalue weighted by Gasteiger charge is 2.35. The normalized spacial score (nSPS) is 18.4. The Morgan fingerprint density at radius 2 is 1.97 bits per heavy atom. The minimum atomic E-state index is -0.929. The second-order valence-electron chi connectivity index (χ2n) is 9.11. The average molecular weight is 594 g/mol. The summed E-state index contributed by atoms with van der Waals surface area (Å²) in [6.45, 7) is 3.79. The summed E-state index contributed by atoms with van der Waals surface area (Å²) in [5.74, 6) is -1.58. The first-order valence-corrected chi connectivity index (χ1v) is 12.9. The summed E-state index contributed by atoms with van der Waals surface area (Å²) in [7, 11) is 1.61. The van der Waals surface area contributed by atoms with Crippen molar-refractivity contribution in [2.45, 2.75) is 25.0 Å². The predicted molar refractivity (Wildman–Crippen MR) is 142 cm³/mol. The first-order valence-electron chi connectivity index (χ1n) is 12.1. The van der Waals surface area contributed by atoms with Gasteiger partial charge in [-0.05, 0) is 52.7 Å². The van der Waals surface area contributed by atoms with Gasteiger partial charge in [0.25, 0.3) is 0 Å². The van der Waals surface area contributed by atoms with Gasteiger partial charge in [0.2, 0.25) is 5.88 Å². The smallest absolute Gasteiger partial charge is 0.320 e. The summed E-state index contributed by atoms with van der Waals surface area (Å²) in [6.07, 6.45) is -0.708. The molecule has 3 atom stereocenters. The van der Waals surface area contributed by atoms with E-state index in [1.54, 1.807) is 20.1 Å². The number of hydrogen-bond donors (Lipinski definition) is 3. The lowest BCUT2D eigenvalue weighted by molar-refractivity contribution is 0.119. The summed E-state index contributed by atoms with van der Waals surface area (Å²) in [5.41, 5.74) is 1.28. The molecular weight excluding hydrogens is 564 g/mol. The van der Waals surface area contributed by atoms with E-state index in [0.29, 0.717) is 47.8 Å². The van der Waals surface area contributed by atoms with Gasteiger partial charge in [-0.2, -0.15) is 0 Å². The van der Waals surface area contributed by atoms with Crippen LogP contribution in [-0.4, -0.2) is 77.9 Å². The number of para-hydroxylation sites is 1. The van der Waals surface area contributed by atoms with Gasteiger partial charge >= 0.3 is 6.03 Å². The fourth-order valence-electron chi connectivity index (χ4n) is 4.36. The van der Waals surface area contributed by atoms with E-state index >= 15 is 0 Å².